The van der Waals surface area contributed by atoms with Gasteiger partial charge in [-0.15, -0.1) is 0 Å². The molecule has 0 bridgehead atoms. The maximum absolute atomic E-state index is 4.09. The van der Waals surface area contributed by atoms with E-state index in [0.717, 1.165) is 18.5 Å². The average molecular weight is 282 g/mol. The first-order valence-corrected chi connectivity index (χ1v) is 7.91. The summed E-state index contributed by atoms with van der Waals surface area (Å²) in [6, 6.07) is 9.63. The molecule has 1 N–H and O–H groups in total. The lowest BCUT2D eigenvalue weighted by Gasteiger charge is -2.34. The van der Waals surface area contributed by atoms with Crippen molar-refractivity contribution in [3.05, 3.63) is 48.5 Å². The number of likely N-dealkylation sites (tertiary alicyclic amines) is 1. The van der Waals surface area contributed by atoms with Gasteiger partial charge in [0, 0.05) is 37.2 Å². The quantitative estimate of drug-likeness (QED) is 0.935. The van der Waals surface area contributed by atoms with Crippen LogP contribution in [0.15, 0.2) is 43.0 Å². The highest BCUT2D eigenvalue weighted by molar-refractivity contribution is 5.34. The Balaban J connectivity index is 1.41. The Hall–Kier alpha value is -1.65. The first-order chi connectivity index (χ1) is 10.4. The van der Waals surface area contributed by atoms with E-state index >= 15 is 0 Å². The zero-order valence-electron chi connectivity index (χ0n) is 12.3. The fourth-order valence-electron chi connectivity index (χ4n) is 3.71. The van der Waals surface area contributed by atoms with Gasteiger partial charge in [-0.1, -0.05) is 12.1 Å². The fourth-order valence-corrected chi connectivity index (χ4v) is 3.71. The van der Waals surface area contributed by atoms with Gasteiger partial charge in [0.1, 0.15) is 0 Å². The molecule has 4 rings (SSSR count). The SMILES string of the molecule is c1cn(-c2ccc(CN3CCC4NCCC4C3)cc2)cn1. The van der Waals surface area contributed by atoms with Crippen molar-refractivity contribution in [1.29, 1.82) is 0 Å². The summed E-state index contributed by atoms with van der Waals surface area (Å²) in [6.45, 7) is 4.76. The molecule has 0 aliphatic carbocycles. The molecule has 2 fully saturated rings. The highest BCUT2D eigenvalue weighted by Crippen LogP contribution is 2.25. The molecule has 2 unspecified atom stereocenters. The number of hydrogen-bond acceptors (Lipinski definition) is 3. The number of benzene rings is 1. The van der Waals surface area contributed by atoms with Crippen LogP contribution in [0.3, 0.4) is 0 Å². The van der Waals surface area contributed by atoms with E-state index in [1.807, 2.05) is 23.3 Å². The highest BCUT2D eigenvalue weighted by atomic mass is 15.2. The maximum Gasteiger partial charge on any atom is 0.0991 e. The molecule has 21 heavy (non-hydrogen) atoms. The summed E-state index contributed by atoms with van der Waals surface area (Å²) in [7, 11) is 0. The Morgan fingerprint density at radius 3 is 2.90 bits per heavy atom. The van der Waals surface area contributed by atoms with Crippen LogP contribution in [0.2, 0.25) is 0 Å². The van der Waals surface area contributed by atoms with E-state index in [1.165, 1.54) is 43.7 Å². The van der Waals surface area contributed by atoms with E-state index in [4.69, 9.17) is 0 Å². The molecule has 4 heteroatoms. The van der Waals surface area contributed by atoms with Crippen LogP contribution < -0.4 is 5.32 Å². The van der Waals surface area contributed by atoms with Crippen molar-refractivity contribution in [2.75, 3.05) is 19.6 Å². The van der Waals surface area contributed by atoms with Crippen LogP contribution in [0.4, 0.5) is 0 Å². The van der Waals surface area contributed by atoms with Crippen molar-refractivity contribution in [2.45, 2.75) is 25.4 Å². The lowest BCUT2D eigenvalue weighted by atomic mass is 9.93. The monoisotopic (exact) mass is 282 g/mol. The fraction of sp³-hybridized carbons (Fsp3) is 0.471. The largest absolute Gasteiger partial charge is 0.314 e. The number of aromatic nitrogens is 2. The average Bonchev–Trinajstić information content (AvgIpc) is 3.19. The van der Waals surface area contributed by atoms with E-state index in [-0.39, 0.29) is 0 Å². The first kappa shape index (κ1) is 13.0. The van der Waals surface area contributed by atoms with Gasteiger partial charge in [0.05, 0.1) is 6.33 Å². The molecule has 3 heterocycles. The Bertz CT molecular complexity index is 575. The Morgan fingerprint density at radius 1 is 1.19 bits per heavy atom. The van der Waals surface area contributed by atoms with Crippen molar-refractivity contribution >= 4 is 0 Å². The van der Waals surface area contributed by atoms with Crippen LogP contribution in [-0.4, -0.2) is 40.1 Å². The minimum atomic E-state index is 0.782. The molecule has 2 atom stereocenters. The van der Waals surface area contributed by atoms with Crippen molar-refractivity contribution < 1.29 is 0 Å². The first-order valence-electron chi connectivity index (χ1n) is 7.91. The third kappa shape index (κ3) is 2.74. The van der Waals surface area contributed by atoms with E-state index in [1.54, 1.807) is 0 Å². The van der Waals surface area contributed by atoms with Crippen molar-refractivity contribution in [3.8, 4) is 5.69 Å². The lowest BCUT2D eigenvalue weighted by Crippen LogP contribution is -2.43. The normalized spacial score (nSPS) is 25.9. The molecule has 2 aliphatic heterocycles. The number of hydrogen-bond donors (Lipinski definition) is 1. The van der Waals surface area contributed by atoms with Gasteiger partial charge < -0.3 is 9.88 Å². The van der Waals surface area contributed by atoms with Gasteiger partial charge in [-0.3, -0.25) is 4.90 Å². The topological polar surface area (TPSA) is 33.1 Å². The molecule has 1 aromatic heterocycles. The Kier molecular flexibility index (Phi) is 3.49. The van der Waals surface area contributed by atoms with Gasteiger partial charge >= 0.3 is 0 Å². The molecule has 2 aromatic rings. The van der Waals surface area contributed by atoms with Gasteiger partial charge in [0.25, 0.3) is 0 Å². The van der Waals surface area contributed by atoms with Gasteiger partial charge in [-0.05, 0) is 49.5 Å². The third-order valence-electron chi connectivity index (χ3n) is 4.88. The Morgan fingerprint density at radius 2 is 2.10 bits per heavy atom. The summed E-state index contributed by atoms with van der Waals surface area (Å²) in [5.74, 6) is 0.865. The number of piperidine rings is 1. The van der Waals surface area contributed by atoms with Gasteiger partial charge in [0.2, 0.25) is 0 Å². The molecule has 2 aliphatic rings. The molecule has 0 spiro atoms. The predicted molar refractivity (Wildman–Crippen MR) is 83.4 cm³/mol. The summed E-state index contributed by atoms with van der Waals surface area (Å²) in [5.41, 5.74) is 2.58. The highest BCUT2D eigenvalue weighted by Gasteiger charge is 2.32. The van der Waals surface area contributed by atoms with Crippen LogP contribution in [0.1, 0.15) is 18.4 Å². The van der Waals surface area contributed by atoms with E-state index in [2.05, 4.69) is 39.5 Å². The molecular formula is C17H22N4. The minimum Gasteiger partial charge on any atom is -0.314 e. The van der Waals surface area contributed by atoms with Crippen LogP contribution >= 0.6 is 0 Å². The maximum atomic E-state index is 4.09. The van der Waals surface area contributed by atoms with Crippen molar-refractivity contribution in [3.63, 3.8) is 0 Å². The number of rotatable bonds is 3. The molecule has 2 saturated heterocycles. The van der Waals surface area contributed by atoms with E-state index in [0.29, 0.717) is 0 Å². The third-order valence-corrected chi connectivity index (χ3v) is 4.88. The summed E-state index contributed by atoms with van der Waals surface area (Å²) in [6.07, 6.45) is 8.28. The number of nitrogens with zero attached hydrogens (tertiary/aromatic N) is 3. The molecule has 0 saturated carbocycles. The van der Waals surface area contributed by atoms with Crippen molar-refractivity contribution in [2.24, 2.45) is 5.92 Å². The molecular weight excluding hydrogens is 260 g/mol. The molecule has 0 radical (unpaired) electrons. The second kappa shape index (κ2) is 5.62. The van der Waals surface area contributed by atoms with E-state index in [9.17, 15) is 0 Å². The van der Waals surface area contributed by atoms with Crippen molar-refractivity contribution in [1.82, 2.24) is 19.8 Å². The molecule has 4 nitrogen and oxygen atoms in total. The lowest BCUT2D eigenvalue weighted by molar-refractivity contribution is 0.156. The predicted octanol–water partition coefficient (Wildman–Crippen LogP) is 2.06. The molecule has 110 valence electrons. The van der Waals surface area contributed by atoms with Gasteiger partial charge in [-0.2, -0.15) is 0 Å². The van der Waals surface area contributed by atoms with Crippen LogP contribution in [-0.2, 0) is 6.54 Å². The second-order valence-electron chi connectivity index (χ2n) is 6.27. The summed E-state index contributed by atoms with van der Waals surface area (Å²) < 4.78 is 2.04. The minimum absolute atomic E-state index is 0.782. The Labute approximate surface area is 125 Å². The second-order valence-corrected chi connectivity index (χ2v) is 6.27. The smallest absolute Gasteiger partial charge is 0.0991 e. The standard InChI is InChI=1S/C17H22N4/c1-3-16(21-10-8-18-13-21)4-2-14(1)11-20-9-6-17-15(12-20)5-7-19-17/h1-4,8,10,13,15,17,19H,5-7,9,11-12H2. The number of fused-ring (bicyclic) bond motifs is 1. The number of nitrogens with one attached hydrogen (secondary N) is 1. The summed E-state index contributed by atoms with van der Waals surface area (Å²) >= 11 is 0. The van der Waals surface area contributed by atoms with Gasteiger partial charge in [-0.25, -0.2) is 4.98 Å². The van der Waals surface area contributed by atoms with Gasteiger partial charge in [0.15, 0.2) is 0 Å². The number of imidazole rings is 1. The summed E-state index contributed by atoms with van der Waals surface area (Å²) in [5, 5.41) is 3.63. The zero-order chi connectivity index (χ0) is 14.1. The van der Waals surface area contributed by atoms with E-state index < -0.39 is 0 Å². The van der Waals surface area contributed by atoms with Crippen LogP contribution in [0.25, 0.3) is 5.69 Å². The zero-order valence-corrected chi connectivity index (χ0v) is 12.3. The van der Waals surface area contributed by atoms with Crippen LogP contribution in [0.5, 0.6) is 0 Å². The summed E-state index contributed by atoms with van der Waals surface area (Å²) in [4.78, 5) is 6.71. The molecule has 1 aromatic carbocycles. The molecule has 0 amide bonds. The van der Waals surface area contributed by atoms with Crippen LogP contribution in [0, 0.1) is 5.92 Å².